The summed E-state index contributed by atoms with van der Waals surface area (Å²) < 4.78 is 6.49. The van der Waals surface area contributed by atoms with E-state index in [9.17, 15) is 0 Å². The first-order valence-corrected chi connectivity index (χ1v) is 17.7. The maximum Gasteiger partial charge on any atom is 0.164 e. The Bertz CT molecular complexity index is 2820. The van der Waals surface area contributed by atoms with Crippen molar-refractivity contribution in [2.75, 3.05) is 0 Å². The molecule has 4 heteroatoms. The standard InChI is InChI=1S/C48H33N3O/c1-48(2)40-22-12-11-19-35(40)38-28-32(24-26-41(38)48)33-25-27-42-39(29-33)44-37(21-13-23-43(44)52-42)47-50-45(31-16-7-4-8-17-31)49-46(51-47)36-20-10-9-18-34(36)30-14-5-3-6-15-30/h3-29H,1-2H3. The lowest BCUT2D eigenvalue weighted by Crippen LogP contribution is -2.14. The lowest BCUT2D eigenvalue weighted by molar-refractivity contribution is 0.660. The third kappa shape index (κ3) is 4.79. The summed E-state index contributed by atoms with van der Waals surface area (Å²) in [4.78, 5) is 15.4. The zero-order valence-electron chi connectivity index (χ0n) is 28.8. The molecule has 0 fully saturated rings. The van der Waals surface area contributed by atoms with E-state index in [0.717, 1.165) is 55.3 Å². The maximum absolute atomic E-state index is 6.49. The summed E-state index contributed by atoms with van der Waals surface area (Å²) in [6, 6.07) is 57.2. The van der Waals surface area contributed by atoms with Gasteiger partial charge in [0.25, 0.3) is 0 Å². The van der Waals surface area contributed by atoms with Gasteiger partial charge in [0.1, 0.15) is 11.2 Å². The van der Waals surface area contributed by atoms with Gasteiger partial charge in [-0.15, -0.1) is 0 Å². The Hall–Kier alpha value is -6.65. The summed E-state index contributed by atoms with van der Waals surface area (Å²) >= 11 is 0. The SMILES string of the molecule is CC1(C)c2ccccc2-c2cc(-c3ccc4oc5cccc(-c6nc(-c7ccccc7)nc(-c7ccccc7-c7ccccc7)n6)c5c4c3)ccc21. The minimum Gasteiger partial charge on any atom is -0.456 e. The van der Waals surface area contributed by atoms with Crippen molar-refractivity contribution in [1.29, 1.82) is 0 Å². The first-order valence-electron chi connectivity index (χ1n) is 17.7. The van der Waals surface area contributed by atoms with E-state index < -0.39 is 0 Å². The molecule has 0 atom stereocenters. The van der Waals surface area contributed by atoms with Crippen LogP contribution in [0, 0.1) is 0 Å². The van der Waals surface area contributed by atoms with Crippen LogP contribution in [-0.4, -0.2) is 15.0 Å². The highest BCUT2D eigenvalue weighted by Crippen LogP contribution is 2.50. The van der Waals surface area contributed by atoms with E-state index in [4.69, 9.17) is 19.4 Å². The van der Waals surface area contributed by atoms with Crippen molar-refractivity contribution in [2.24, 2.45) is 0 Å². The van der Waals surface area contributed by atoms with Gasteiger partial charge in [0, 0.05) is 32.9 Å². The van der Waals surface area contributed by atoms with Crippen LogP contribution in [0.4, 0.5) is 0 Å². The monoisotopic (exact) mass is 667 g/mol. The van der Waals surface area contributed by atoms with E-state index in [-0.39, 0.29) is 5.41 Å². The Balaban J connectivity index is 1.17. The van der Waals surface area contributed by atoms with Crippen LogP contribution in [0.1, 0.15) is 25.0 Å². The summed E-state index contributed by atoms with van der Waals surface area (Å²) in [5, 5.41) is 2.01. The molecule has 0 N–H and O–H groups in total. The van der Waals surface area contributed by atoms with Crippen LogP contribution in [0.15, 0.2) is 168 Å². The van der Waals surface area contributed by atoms with Crippen molar-refractivity contribution in [1.82, 2.24) is 15.0 Å². The van der Waals surface area contributed by atoms with E-state index >= 15 is 0 Å². The van der Waals surface area contributed by atoms with E-state index in [1.165, 1.54) is 27.8 Å². The van der Waals surface area contributed by atoms with Crippen molar-refractivity contribution in [3.8, 4) is 67.5 Å². The van der Waals surface area contributed by atoms with E-state index in [0.29, 0.717) is 17.5 Å². The minimum atomic E-state index is -0.0340. The van der Waals surface area contributed by atoms with Crippen molar-refractivity contribution >= 4 is 21.9 Å². The summed E-state index contributed by atoms with van der Waals surface area (Å²) in [5.41, 5.74) is 14.2. The Kier molecular flexibility index (Phi) is 6.80. The van der Waals surface area contributed by atoms with Crippen LogP contribution in [0.25, 0.3) is 89.5 Å². The lowest BCUT2D eigenvalue weighted by Gasteiger charge is -2.21. The van der Waals surface area contributed by atoms with Gasteiger partial charge in [-0.1, -0.05) is 153 Å². The summed E-state index contributed by atoms with van der Waals surface area (Å²) in [7, 11) is 0. The molecular weight excluding hydrogens is 635 g/mol. The van der Waals surface area contributed by atoms with Crippen LogP contribution in [0.5, 0.6) is 0 Å². The number of hydrogen-bond donors (Lipinski definition) is 0. The van der Waals surface area contributed by atoms with Crippen molar-refractivity contribution in [3.05, 3.63) is 175 Å². The zero-order chi connectivity index (χ0) is 34.8. The Morgan fingerprint density at radius 3 is 1.75 bits per heavy atom. The fourth-order valence-electron chi connectivity index (χ4n) is 7.97. The predicted octanol–water partition coefficient (Wildman–Crippen LogP) is 12.4. The van der Waals surface area contributed by atoms with Gasteiger partial charge in [-0.3, -0.25) is 0 Å². The minimum absolute atomic E-state index is 0.0340. The van der Waals surface area contributed by atoms with E-state index in [2.05, 4.69) is 123 Å². The molecule has 1 aliphatic carbocycles. The fourth-order valence-corrected chi connectivity index (χ4v) is 7.97. The zero-order valence-corrected chi connectivity index (χ0v) is 28.8. The molecule has 0 unspecified atom stereocenters. The van der Waals surface area contributed by atoms with Gasteiger partial charge in [-0.05, 0) is 68.8 Å². The van der Waals surface area contributed by atoms with Gasteiger partial charge in [0.05, 0.1) is 0 Å². The highest BCUT2D eigenvalue weighted by Gasteiger charge is 2.35. The average Bonchev–Trinajstić information content (AvgIpc) is 3.69. The largest absolute Gasteiger partial charge is 0.456 e. The van der Waals surface area contributed by atoms with Gasteiger partial charge < -0.3 is 4.42 Å². The molecule has 0 aliphatic heterocycles. The molecule has 0 bridgehead atoms. The third-order valence-electron chi connectivity index (χ3n) is 10.6. The van der Waals surface area contributed by atoms with Crippen LogP contribution in [-0.2, 0) is 5.41 Å². The van der Waals surface area contributed by atoms with Crippen molar-refractivity contribution in [2.45, 2.75) is 19.3 Å². The third-order valence-corrected chi connectivity index (χ3v) is 10.6. The van der Waals surface area contributed by atoms with E-state index in [1.54, 1.807) is 0 Å². The smallest absolute Gasteiger partial charge is 0.164 e. The number of hydrogen-bond acceptors (Lipinski definition) is 4. The number of benzene rings is 7. The highest BCUT2D eigenvalue weighted by molar-refractivity contribution is 6.13. The molecule has 246 valence electrons. The Labute approximate surface area is 302 Å². The molecule has 0 amide bonds. The predicted molar refractivity (Wildman–Crippen MR) is 212 cm³/mol. The van der Waals surface area contributed by atoms with Crippen molar-refractivity contribution < 1.29 is 4.42 Å². The number of aromatic nitrogens is 3. The van der Waals surface area contributed by atoms with Gasteiger partial charge in [-0.2, -0.15) is 0 Å². The Morgan fingerprint density at radius 2 is 0.962 bits per heavy atom. The topological polar surface area (TPSA) is 51.8 Å². The molecule has 0 radical (unpaired) electrons. The molecule has 1 aliphatic rings. The first-order chi connectivity index (χ1) is 25.5. The molecule has 0 spiro atoms. The second kappa shape index (κ2) is 11.7. The summed E-state index contributed by atoms with van der Waals surface area (Å²) in [6.07, 6.45) is 0. The molecule has 2 heterocycles. The Morgan fingerprint density at radius 1 is 0.385 bits per heavy atom. The van der Waals surface area contributed by atoms with Crippen molar-refractivity contribution in [3.63, 3.8) is 0 Å². The fraction of sp³-hybridized carbons (Fsp3) is 0.0625. The second-order valence-corrected chi connectivity index (χ2v) is 14.0. The molecular formula is C48H33N3O. The van der Waals surface area contributed by atoms with Crippen LogP contribution in [0.2, 0.25) is 0 Å². The van der Waals surface area contributed by atoms with Crippen LogP contribution >= 0.6 is 0 Å². The van der Waals surface area contributed by atoms with Gasteiger partial charge in [-0.25, -0.2) is 15.0 Å². The normalized spacial score (nSPS) is 13.0. The average molecular weight is 668 g/mol. The molecule has 2 aromatic heterocycles. The molecule has 52 heavy (non-hydrogen) atoms. The molecule has 7 aromatic carbocycles. The van der Waals surface area contributed by atoms with Gasteiger partial charge in [0.15, 0.2) is 17.5 Å². The summed E-state index contributed by atoms with van der Waals surface area (Å²) in [6.45, 7) is 4.64. The highest BCUT2D eigenvalue weighted by atomic mass is 16.3. The number of nitrogens with zero attached hydrogens (tertiary/aromatic N) is 3. The number of rotatable bonds is 5. The van der Waals surface area contributed by atoms with Crippen LogP contribution in [0.3, 0.4) is 0 Å². The van der Waals surface area contributed by atoms with Gasteiger partial charge in [0.2, 0.25) is 0 Å². The molecule has 0 saturated carbocycles. The molecule has 10 rings (SSSR count). The number of fused-ring (bicyclic) bond motifs is 6. The maximum atomic E-state index is 6.49. The number of furan rings is 1. The molecule has 9 aromatic rings. The lowest BCUT2D eigenvalue weighted by atomic mass is 9.82. The van der Waals surface area contributed by atoms with E-state index in [1.807, 2.05) is 54.6 Å². The molecule has 0 saturated heterocycles. The quantitative estimate of drug-likeness (QED) is 0.183. The first kappa shape index (κ1) is 30.2. The van der Waals surface area contributed by atoms with Gasteiger partial charge >= 0.3 is 0 Å². The van der Waals surface area contributed by atoms with Crippen LogP contribution < -0.4 is 0 Å². The molecule has 4 nitrogen and oxygen atoms in total. The second-order valence-electron chi connectivity index (χ2n) is 14.0. The summed E-state index contributed by atoms with van der Waals surface area (Å²) in [5.74, 6) is 1.84.